The first-order chi connectivity index (χ1) is 14.9. The van der Waals surface area contributed by atoms with Crippen molar-refractivity contribution in [2.24, 2.45) is 0 Å². The van der Waals surface area contributed by atoms with E-state index >= 15 is 0 Å². The molecule has 1 aliphatic heterocycles. The molecule has 4 rings (SSSR count). The lowest BCUT2D eigenvalue weighted by Crippen LogP contribution is -2.54. The number of hydrogen-bond donors (Lipinski definition) is 1. The zero-order valence-electron chi connectivity index (χ0n) is 18.3. The van der Waals surface area contributed by atoms with Crippen molar-refractivity contribution < 1.29 is 19.1 Å². The number of rotatable bonds is 5. The first kappa shape index (κ1) is 21.0. The van der Waals surface area contributed by atoms with Gasteiger partial charge in [0.05, 0.1) is 31.2 Å². The number of pyridine rings is 1. The maximum absolute atomic E-state index is 12.8. The van der Waals surface area contributed by atoms with Crippen molar-refractivity contribution in [3.8, 4) is 5.75 Å². The predicted molar refractivity (Wildman–Crippen MR) is 119 cm³/mol. The van der Waals surface area contributed by atoms with Crippen LogP contribution in [0.1, 0.15) is 43.0 Å². The van der Waals surface area contributed by atoms with Crippen molar-refractivity contribution in [1.29, 1.82) is 0 Å². The maximum Gasteiger partial charge on any atom is 0.337 e. The number of hydrogen-bond acceptors (Lipinski definition) is 7. The Morgan fingerprint density at radius 3 is 2.58 bits per heavy atom. The lowest BCUT2D eigenvalue weighted by atomic mass is 10.1. The molecular formula is C23H28N4O4. The van der Waals surface area contributed by atoms with E-state index in [9.17, 15) is 9.59 Å². The summed E-state index contributed by atoms with van der Waals surface area (Å²) in [5, 5.41) is 3.29. The van der Waals surface area contributed by atoms with Crippen LogP contribution in [0, 0.1) is 0 Å². The van der Waals surface area contributed by atoms with Gasteiger partial charge in [-0.25, -0.2) is 9.78 Å². The van der Waals surface area contributed by atoms with Gasteiger partial charge in [0.2, 0.25) is 5.91 Å². The summed E-state index contributed by atoms with van der Waals surface area (Å²) >= 11 is 0. The van der Waals surface area contributed by atoms with Crippen LogP contribution in [0.15, 0.2) is 30.3 Å². The first-order valence-electron chi connectivity index (χ1n) is 10.5. The second-order valence-corrected chi connectivity index (χ2v) is 7.99. The van der Waals surface area contributed by atoms with Crippen molar-refractivity contribution in [2.75, 3.05) is 36.4 Å². The van der Waals surface area contributed by atoms with Gasteiger partial charge in [-0.2, -0.15) is 0 Å². The smallest absolute Gasteiger partial charge is 0.337 e. The fourth-order valence-corrected chi connectivity index (χ4v) is 4.51. The SMILES string of the molecule is COC(=O)c1ccc(Nc2ccc3c(n2)N(C2CCCC2)[C@H](C)C(=O)N3C)c(OC)c1. The van der Waals surface area contributed by atoms with Gasteiger partial charge in [0, 0.05) is 13.1 Å². The van der Waals surface area contributed by atoms with Crippen LogP contribution in [0.5, 0.6) is 5.75 Å². The van der Waals surface area contributed by atoms with Crippen molar-refractivity contribution in [3.63, 3.8) is 0 Å². The number of methoxy groups -OCH3 is 2. The van der Waals surface area contributed by atoms with Gasteiger partial charge in [0.25, 0.3) is 0 Å². The number of likely N-dealkylation sites (N-methyl/N-ethyl adjacent to an activating group) is 1. The fraction of sp³-hybridized carbons (Fsp3) is 0.435. The Hall–Kier alpha value is -3.29. The molecule has 1 amide bonds. The number of carbonyl (C=O) groups is 2. The second-order valence-electron chi connectivity index (χ2n) is 7.99. The van der Waals surface area contributed by atoms with Gasteiger partial charge in [-0.1, -0.05) is 12.8 Å². The quantitative estimate of drug-likeness (QED) is 0.732. The Labute approximate surface area is 182 Å². The number of benzene rings is 1. The molecule has 2 aromatic rings. The van der Waals surface area contributed by atoms with Gasteiger partial charge in [0.1, 0.15) is 17.6 Å². The van der Waals surface area contributed by atoms with Crippen LogP contribution in [0.25, 0.3) is 0 Å². The molecule has 1 aromatic carbocycles. The minimum Gasteiger partial charge on any atom is -0.495 e. The average Bonchev–Trinajstić information content (AvgIpc) is 3.31. The Morgan fingerprint density at radius 1 is 1.16 bits per heavy atom. The highest BCUT2D eigenvalue weighted by molar-refractivity contribution is 6.04. The molecule has 1 aliphatic carbocycles. The predicted octanol–water partition coefficient (Wildman–Crippen LogP) is 3.73. The summed E-state index contributed by atoms with van der Waals surface area (Å²) in [5.74, 6) is 1.63. The molecule has 0 bridgehead atoms. The standard InChI is InChI=1S/C23H28N4O4/c1-14-22(28)26(2)18-11-12-20(25-21(18)27(14)16-7-5-6-8-16)24-17-10-9-15(23(29)31-4)13-19(17)30-3/h9-14,16H,5-8H2,1-4H3,(H,24,25)/t14-/m1/s1. The second kappa shape index (κ2) is 8.45. The molecule has 8 heteroatoms. The van der Waals surface area contributed by atoms with E-state index in [1.165, 1.54) is 20.0 Å². The minimum absolute atomic E-state index is 0.0852. The third-order valence-electron chi connectivity index (χ3n) is 6.17. The van der Waals surface area contributed by atoms with E-state index in [-0.39, 0.29) is 11.9 Å². The molecule has 31 heavy (non-hydrogen) atoms. The van der Waals surface area contributed by atoms with Crippen molar-refractivity contribution >= 4 is 34.9 Å². The lowest BCUT2D eigenvalue weighted by molar-refractivity contribution is -0.119. The molecule has 0 spiro atoms. The average molecular weight is 425 g/mol. The fourth-order valence-electron chi connectivity index (χ4n) is 4.51. The number of aromatic nitrogens is 1. The Kier molecular flexibility index (Phi) is 5.71. The molecule has 1 atom stereocenters. The van der Waals surface area contributed by atoms with Gasteiger partial charge in [0.15, 0.2) is 5.82 Å². The summed E-state index contributed by atoms with van der Waals surface area (Å²) in [5.41, 5.74) is 1.90. The molecule has 0 unspecified atom stereocenters. The number of esters is 1. The van der Waals surface area contributed by atoms with Crippen LogP contribution in [-0.4, -0.2) is 50.2 Å². The lowest BCUT2D eigenvalue weighted by Gasteiger charge is -2.42. The number of ether oxygens (including phenoxy) is 2. The van der Waals surface area contributed by atoms with E-state index < -0.39 is 5.97 Å². The summed E-state index contributed by atoms with van der Waals surface area (Å²) in [6.07, 6.45) is 4.50. The van der Waals surface area contributed by atoms with E-state index in [1.54, 1.807) is 37.3 Å². The molecule has 1 saturated carbocycles. The van der Waals surface area contributed by atoms with Gasteiger partial charge in [-0.05, 0) is 50.1 Å². The number of amides is 1. The minimum atomic E-state index is -0.425. The van der Waals surface area contributed by atoms with Crippen LogP contribution in [-0.2, 0) is 9.53 Å². The molecule has 2 heterocycles. The molecule has 0 radical (unpaired) electrons. The maximum atomic E-state index is 12.8. The van der Waals surface area contributed by atoms with Crippen molar-refractivity contribution in [2.45, 2.75) is 44.7 Å². The van der Waals surface area contributed by atoms with E-state index in [0.29, 0.717) is 28.9 Å². The summed E-state index contributed by atoms with van der Waals surface area (Å²) < 4.78 is 10.2. The van der Waals surface area contributed by atoms with Gasteiger partial charge in [-0.3, -0.25) is 4.79 Å². The Morgan fingerprint density at radius 2 is 1.90 bits per heavy atom. The Bertz CT molecular complexity index is 1000. The number of carbonyl (C=O) groups excluding carboxylic acids is 2. The third kappa shape index (κ3) is 3.78. The van der Waals surface area contributed by atoms with Crippen LogP contribution >= 0.6 is 0 Å². The van der Waals surface area contributed by atoms with Gasteiger partial charge < -0.3 is 24.6 Å². The molecular weight excluding hydrogens is 396 g/mol. The van der Waals surface area contributed by atoms with Gasteiger partial charge in [-0.15, -0.1) is 0 Å². The monoisotopic (exact) mass is 424 g/mol. The summed E-state index contributed by atoms with van der Waals surface area (Å²) in [6.45, 7) is 1.95. The normalized spacial score (nSPS) is 18.7. The molecule has 164 valence electrons. The molecule has 1 N–H and O–H groups in total. The van der Waals surface area contributed by atoms with Crippen LogP contribution in [0.2, 0.25) is 0 Å². The number of fused-ring (bicyclic) bond motifs is 1. The largest absolute Gasteiger partial charge is 0.495 e. The summed E-state index contributed by atoms with van der Waals surface area (Å²) in [4.78, 5) is 33.4. The third-order valence-corrected chi connectivity index (χ3v) is 6.17. The van der Waals surface area contributed by atoms with E-state index in [2.05, 4.69) is 10.2 Å². The summed E-state index contributed by atoms with van der Waals surface area (Å²) in [7, 11) is 4.69. The highest BCUT2D eigenvalue weighted by atomic mass is 16.5. The zero-order valence-corrected chi connectivity index (χ0v) is 18.3. The molecule has 2 aliphatic rings. The van der Waals surface area contributed by atoms with Crippen molar-refractivity contribution in [1.82, 2.24) is 4.98 Å². The number of nitrogens with one attached hydrogen (secondary N) is 1. The van der Waals surface area contributed by atoms with Crippen LogP contribution in [0.4, 0.5) is 23.0 Å². The first-order valence-corrected chi connectivity index (χ1v) is 10.5. The highest BCUT2D eigenvalue weighted by Crippen LogP contribution is 2.40. The van der Waals surface area contributed by atoms with Crippen molar-refractivity contribution in [3.05, 3.63) is 35.9 Å². The molecule has 1 aromatic heterocycles. The Balaban J connectivity index is 1.69. The van der Waals surface area contributed by atoms with Crippen LogP contribution < -0.4 is 19.9 Å². The number of nitrogens with zero attached hydrogens (tertiary/aromatic N) is 3. The number of anilines is 4. The summed E-state index contributed by atoms with van der Waals surface area (Å²) in [6, 6.07) is 8.91. The highest BCUT2D eigenvalue weighted by Gasteiger charge is 2.39. The molecule has 8 nitrogen and oxygen atoms in total. The zero-order chi connectivity index (χ0) is 22.1. The topological polar surface area (TPSA) is 84.0 Å². The van der Waals surface area contributed by atoms with Gasteiger partial charge >= 0.3 is 5.97 Å². The van der Waals surface area contributed by atoms with E-state index in [1.807, 2.05) is 19.1 Å². The van der Waals surface area contributed by atoms with Crippen LogP contribution in [0.3, 0.4) is 0 Å². The molecule has 1 fully saturated rings. The van der Waals surface area contributed by atoms with E-state index in [4.69, 9.17) is 14.5 Å². The molecule has 0 saturated heterocycles. The van der Waals surface area contributed by atoms with E-state index in [0.717, 1.165) is 24.3 Å².